The van der Waals surface area contributed by atoms with Gasteiger partial charge in [-0.1, -0.05) is 24.3 Å². The molecule has 0 unspecified atom stereocenters. The van der Waals surface area contributed by atoms with Gasteiger partial charge < -0.3 is 10.2 Å². The molecule has 1 aromatic heterocycles. The summed E-state index contributed by atoms with van der Waals surface area (Å²) in [7, 11) is 0. The van der Waals surface area contributed by atoms with E-state index in [0.29, 0.717) is 6.42 Å². The minimum atomic E-state index is -0.00291. The average Bonchev–Trinajstić information content (AvgIpc) is 3.20. The Labute approximate surface area is 160 Å². The molecule has 27 heavy (non-hydrogen) atoms. The summed E-state index contributed by atoms with van der Waals surface area (Å²) in [4.78, 5) is 19.8. The number of carbonyl (C=O) groups excluding carboxylic acids is 1. The zero-order chi connectivity index (χ0) is 18.8. The summed E-state index contributed by atoms with van der Waals surface area (Å²) in [6, 6.07) is 16.2. The van der Waals surface area contributed by atoms with Gasteiger partial charge in [-0.05, 0) is 62.1 Å². The van der Waals surface area contributed by atoms with Crippen LogP contribution in [0, 0.1) is 13.8 Å². The molecule has 4 rings (SSSR count). The predicted molar refractivity (Wildman–Crippen MR) is 111 cm³/mol. The van der Waals surface area contributed by atoms with Gasteiger partial charge in [0.1, 0.15) is 0 Å². The van der Waals surface area contributed by atoms with Gasteiger partial charge >= 0.3 is 0 Å². The monoisotopic (exact) mass is 359 g/mol. The van der Waals surface area contributed by atoms with Crippen molar-refractivity contribution in [3.63, 3.8) is 0 Å². The standard InChI is InChI=1S/C23H25N3O/c1-16-20-10-3-4-11-22(20)24-17(2)21(16)15-23(27)25-18-8-7-9-19(14-18)26-12-5-6-13-26/h3-4,7-11,14H,5-6,12-13,15H2,1-2H3,(H,25,27). The van der Waals surface area contributed by atoms with Crippen molar-refractivity contribution in [3.8, 4) is 0 Å². The Bertz CT molecular complexity index is 990. The molecule has 2 heterocycles. The SMILES string of the molecule is Cc1nc2ccccc2c(C)c1CC(=O)Nc1cccc(N2CCCC2)c1. The third-order valence-corrected chi connectivity index (χ3v) is 5.42. The molecule has 1 fully saturated rings. The topological polar surface area (TPSA) is 45.2 Å². The smallest absolute Gasteiger partial charge is 0.228 e. The summed E-state index contributed by atoms with van der Waals surface area (Å²) in [6.07, 6.45) is 2.82. The van der Waals surface area contributed by atoms with E-state index in [2.05, 4.69) is 40.3 Å². The van der Waals surface area contributed by atoms with E-state index in [-0.39, 0.29) is 5.91 Å². The lowest BCUT2D eigenvalue weighted by Crippen LogP contribution is -2.19. The Morgan fingerprint density at radius 3 is 2.67 bits per heavy atom. The zero-order valence-electron chi connectivity index (χ0n) is 16.0. The average molecular weight is 359 g/mol. The molecular weight excluding hydrogens is 334 g/mol. The van der Waals surface area contributed by atoms with Crippen molar-refractivity contribution in [1.29, 1.82) is 0 Å². The summed E-state index contributed by atoms with van der Waals surface area (Å²) < 4.78 is 0. The molecule has 1 N–H and O–H groups in total. The number of pyridine rings is 1. The van der Waals surface area contributed by atoms with Crippen LogP contribution in [-0.4, -0.2) is 24.0 Å². The van der Waals surface area contributed by atoms with Gasteiger partial charge in [-0.2, -0.15) is 0 Å². The maximum absolute atomic E-state index is 12.7. The Morgan fingerprint density at radius 2 is 1.85 bits per heavy atom. The molecule has 138 valence electrons. The van der Waals surface area contributed by atoms with Gasteiger partial charge in [0.05, 0.1) is 11.9 Å². The van der Waals surface area contributed by atoms with Crippen molar-refractivity contribution >= 4 is 28.2 Å². The first-order valence-corrected chi connectivity index (χ1v) is 9.61. The van der Waals surface area contributed by atoms with E-state index in [1.165, 1.54) is 18.5 Å². The second-order valence-electron chi connectivity index (χ2n) is 7.29. The quantitative estimate of drug-likeness (QED) is 0.738. The number of amides is 1. The van der Waals surface area contributed by atoms with Crippen molar-refractivity contribution in [3.05, 3.63) is 65.4 Å². The van der Waals surface area contributed by atoms with Gasteiger partial charge in [-0.15, -0.1) is 0 Å². The predicted octanol–water partition coefficient (Wildman–Crippen LogP) is 4.63. The second kappa shape index (κ2) is 7.39. The van der Waals surface area contributed by atoms with Crippen LogP contribution in [0.5, 0.6) is 0 Å². The van der Waals surface area contributed by atoms with E-state index in [1.807, 2.05) is 37.3 Å². The van der Waals surface area contributed by atoms with Gasteiger partial charge in [-0.25, -0.2) is 0 Å². The Balaban J connectivity index is 1.53. The van der Waals surface area contributed by atoms with Crippen molar-refractivity contribution in [2.24, 2.45) is 0 Å². The summed E-state index contributed by atoms with van der Waals surface area (Å²) in [5.41, 5.74) is 6.10. The lowest BCUT2D eigenvalue weighted by molar-refractivity contribution is -0.115. The Morgan fingerprint density at radius 1 is 1.07 bits per heavy atom. The summed E-state index contributed by atoms with van der Waals surface area (Å²) in [5, 5.41) is 4.18. The van der Waals surface area contributed by atoms with E-state index in [9.17, 15) is 4.79 Å². The van der Waals surface area contributed by atoms with Crippen molar-refractivity contribution in [2.45, 2.75) is 33.1 Å². The molecule has 3 aromatic rings. The highest BCUT2D eigenvalue weighted by molar-refractivity contribution is 5.94. The number of anilines is 2. The molecular formula is C23H25N3O. The highest BCUT2D eigenvalue weighted by Gasteiger charge is 2.15. The van der Waals surface area contributed by atoms with Crippen LogP contribution in [0.4, 0.5) is 11.4 Å². The fourth-order valence-corrected chi connectivity index (χ4v) is 3.95. The van der Waals surface area contributed by atoms with Crippen LogP contribution in [0.3, 0.4) is 0 Å². The first-order valence-electron chi connectivity index (χ1n) is 9.61. The van der Waals surface area contributed by atoms with Crippen molar-refractivity contribution in [1.82, 2.24) is 4.98 Å². The summed E-state index contributed by atoms with van der Waals surface area (Å²) in [5.74, 6) is -0.00291. The van der Waals surface area contributed by atoms with Crippen LogP contribution >= 0.6 is 0 Å². The van der Waals surface area contributed by atoms with Crippen molar-refractivity contribution in [2.75, 3.05) is 23.3 Å². The van der Waals surface area contributed by atoms with Crippen LogP contribution in [-0.2, 0) is 11.2 Å². The lowest BCUT2D eigenvalue weighted by atomic mass is 9.99. The molecule has 4 heteroatoms. The summed E-state index contributed by atoms with van der Waals surface area (Å²) >= 11 is 0. The maximum Gasteiger partial charge on any atom is 0.228 e. The number of aryl methyl sites for hydroxylation is 2. The van der Waals surface area contributed by atoms with Gasteiger partial charge in [0.15, 0.2) is 0 Å². The molecule has 0 spiro atoms. The fourth-order valence-electron chi connectivity index (χ4n) is 3.95. The van der Waals surface area contributed by atoms with Gasteiger partial charge in [0.25, 0.3) is 0 Å². The molecule has 1 amide bonds. The molecule has 2 aromatic carbocycles. The normalized spacial score (nSPS) is 13.9. The van der Waals surface area contributed by atoms with Crippen LogP contribution in [0.1, 0.15) is 29.7 Å². The van der Waals surface area contributed by atoms with Crippen LogP contribution < -0.4 is 10.2 Å². The van der Waals surface area contributed by atoms with Crippen LogP contribution in [0.15, 0.2) is 48.5 Å². The molecule has 0 bridgehead atoms. The largest absolute Gasteiger partial charge is 0.371 e. The van der Waals surface area contributed by atoms with E-state index >= 15 is 0 Å². The molecule has 0 radical (unpaired) electrons. The Kier molecular flexibility index (Phi) is 4.80. The molecule has 0 atom stereocenters. The fraction of sp³-hybridized carbons (Fsp3) is 0.304. The number of benzene rings is 2. The number of hydrogen-bond acceptors (Lipinski definition) is 3. The van der Waals surface area contributed by atoms with Gasteiger partial charge in [0.2, 0.25) is 5.91 Å². The third-order valence-electron chi connectivity index (χ3n) is 5.42. The van der Waals surface area contributed by atoms with E-state index in [0.717, 1.165) is 46.5 Å². The number of fused-ring (bicyclic) bond motifs is 1. The maximum atomic E-state index is 12.7. The van der Waals surface area contributed by atoms with E-state index in [1.54, 1.807) is 0 Å². The minimum Gasteiger partial charge on any atom is -0.371 e. The second-order valence-corrected chi connectivity index (χ2v) is 7.29. The van der Waals surface area contributed by atoms with E-state index < -0.39 is 0 Å². The molecule has 1 aliphatic heterocycles. The molecule has 4 nitrogen and oxygen atoms in total. The number of aromatic nitrogens is 1. The first-order chi connectivity index (χ1) is 13.1. The number of nitrogens with one attached hydrogen (secondary N) is 1. The number of para-hydroxylation sites is 1. The number of nitrogens with zero attached hydrogens (tertiary/aromatic N) is 2. The first kappa shape index (κ1) is 17.5. The van der Waals surface area contributed by atoms with Gasteiger partial charge in [-0.3, -0.25) is 9.78 Å². The zero-order valence-corrected chi connectivity index (χ0v) is 16.0. The molecule has 1 saturated heterocycles. The van der Waals surface area contributed by atoms with E-state index in [4.69, 9.17) is 0 Å². The molecule has 0 saturated carbocycles. The highest BCUT2D eigenvalue weighted by atomic mass is 16.1. The number of carbonyl (C=O) groups is 1. The molecule has 0 aliphatic carbocycles. The van der Waals surface area contributed by atoms with Crippen LogP contribution in [0.2, 0.25) is 0 Å². The third kappa shape index (κ3) is 3.65. The van der Waals surface area contributed by atoms with Crippen molar-refractivity contribution < 1.29 is 4.79 Å². The number of hydrogen-bond donors (Lipinski definition) is 1. The highest BCUT2D eigenvalue weighted by Crippen LogP contribution is 2.25. The summed E-state index contributed by atoms with van der Waals surface area (Å²) in [6.45, 7) is 6.25. The number of rotatable bonds is 4. The van der Waals surface area contributed by atoms with Crippen LogP contribution in [0.25, 0.3) is 10.9 Å². The Hall–Kier alpha value is -2.88. The lowest BCUT2D eigenvalue weighted by Gasteiger charge is -2.18. The molecule has 1 aliphatic rings. The van der Waals surface area contributed by atoms with Gasteiger partial charge in [0, 0.05) is 35.5 Å². The minimum absolute atomic E-state index is 0.00291.